The molecule has 0 radical (unpaired) electrons. The van der Waals surface area contributed by atoms with Crippen molar-refractivity contribution in [2.45, 2.75) is 6.42 Å². The van der Waals surface area contributed by atoms with Crippen molar-refractivity contribution in [2.24, 2.45) is 0 Å². The maximum Gasteiger partial charge on any atom is 0.216 e. The van der Waals surface area contributed by atoms with Crippen LogP contribution in [-0.2, 0) is 6.42 Å². The molecule has 0 aliphatic heterocycles. The molecule has 100 valence electrons. The smallest absolute Gasteiger partial charge is 0.216 e. The molecule has 0 spiro atoms. The largest absolute Gasteiger partial charge is 0.481 e. The van der Waals surface area contributed by atoms with E-state index in [4.69, 9.17) is 9.15 Å². The second-order valence-corrected chi connectivity index (χ2v) is 4.30. The highest BCUT2D eigenvalue weighted by Gasteiger charge is 2.14. The van der Waals surface area contributed by atoms with E-state index in [-0.39, 0.29) is 12.2 Å². The summed E-state index contributed by atoms with van der Waals surface area (Å²) in [5, 5.41) is 0.913. The molecule has 5 nitrogen and oxygen atoms in total. The maximum atomic E-state index is 12.2. The van der Waals surface area contributed by atoms with Gasteiger partial charge in [0.05, 0.1) is 19.2 Å². The van der Waals surface area contributed by atoms with Crippen molar-refractivity contribution in [1.82, 2.24) is 9.97 Å². The second kappa shape index (κ2) is 5.13. The van der Waals surface area contributed by atoms with Crippen LogP contribution in [0.5, 0.6) is 5.88 Å². The van der Waals surface area contributed by atoms with E-state index in [1.807, 2.05) is 24.3 Å². The Balaban J connectivity index is 1.85. The third-order valence-electron chi connectivity index (χ3n) is 2.95. The van der Waals surface area contributed by atoms with Gasteiger partial charge in [0.1, 0.15) is 11.9 Å². The molecule has 0 bridgehead atoms. The Morgan fingerprint density at radius 3 is 2.90 bits per heavy atom. The average Bonchev–Trinajstić information content (AvgIpc) is 2.91. The Hall–Kier alpha value is -2.69. The molecule has 0 fully saturated rings. The summed E-state index contributed by atoms with van der Waals surface area (Å²) < 4.78 is 10.5. The van der Waals surface area contributed by atoms with E-state index < -0.39 is 0 Å². The number of ketones is 1. The lowest BCUT2D eigenvalue weighted by molar-refractivity contribution is 0.0967. The predicted molar refractivity (Wildman–Crippen MR) is 72.8 cm³/mol. The van der Waals surface area contributed by atoms with E-state index in [9.17, 15) is 4.79 Å². The number of carbonyl (C=O) groups excluding carboxylic acids is 1. The van der Waals surface area contributed by atoms with E-state index in [0.717, 1.165) is 5.39 Å². The number of hydrogen-bond acceptors (Lipinski definition) is 5. The Morgan fingerprint density at radius 1 is 1.25 bits per heavy atom. The van der Waals surface area contributed by atoms with Crippen LogP contribution in [0.1, 0.15) is 16.2 Å². The lowest BCUT2D eigenvalue weighted by Crippen LogP contribution is -2.04. The number of furan rings is 1. The molecule has 2 aromatic heterocycles. The molecule has 0 saturated heterocycles. The third kappa shape index (κ3) is 2.38. The van der Waals surface area contributed by atoms with Crippen molar-refractivity contribution in [2.75, 3.05) is 7.11 Å². The van der Waals surface area contributed by atoms with Gasteiger partial charge in [-0.3, -0.25) is 4.79 Å². The molecule has 0 saturated carbocycles. The number of aromatic nitrogens is 2. The summed E-state index contributed by atoms with van der Waals surface area (Å²) in [6.45, 7) is 0. The molecule has 20 heavy (non-hydrogen) atoms. The Bertz CT molecular complexity index is 731. The van der Waals surface area contributed by atoms with Crippen LogP contribution < -0.4 is 4.74 Å². The van der Waals surface area contributed by atoms with Crippen molar-refractivity contribution in [3.63, 3.8) is 0 Å². The summed E-state index contributed by atoms with van der Waals surface area (Å²) >= 11 is 0. The number of Topliss-reactive ketones (excluding diaryl/α,β-unsaturated/α-hetero) is 1. The van der Waals surface area contributed by atoms with Gasteiger partial charge < -0.3 is 9.15 Å². The first-order chi connectivity index (χ1) is 9.76. The predicted octanol–water partition coefficient (Wildman–Crippen LogP) is 2.66. The highest BCUT2D eigenvalue weighted by Crippen LogP contribution is 2.20. The van der Waals surface area contributed by atoms with Gasteiger partial charge in [-0.1, -0.05) is 18.2 Å². The van der Waals surface area contributed by atoms with Gasteiger partial charge in [-0.25, -0.2) is 9.97 Å². The summed E-state index contributed by atoms with van der Waals surface area (Å²) in [6, 6.07) is 10.9. The van der Waals surface area contributed by atoms with Crippen LogP contribution in [0.15, 0.2) is 47.1 Å². The normalized spacial score (nSPS) is 10.7. The van der Waals surface area contributed by atoms with Crippen molar-refractivity contribution < 1.29 is 13.9 Å². The lowest BCUT2D eigenvalue weighted by atomic mass is 10.1. The number of methoxy groups -OCH3 is 1. The molecule has 0 unspecified atom stereocenters. The molecule has 0 N–H and O–H groups in total. The monoisotopic (exact) mass is 268 g/mol. The molecular weight excluding hydrogens is 256 g/mol. The first-order valence-electron chi connectivity index (χ1n) is 6.13. The quantitative estimate of drug-likeness (QED) is 0.680. The summed E-state index contributed by atoms with van der Waals surface area (Å²) in [4.78, 5) is 20.1. The number of rotatable bonds is 4. The number of benzene rings is 1. The first kappa shape index (κ1) is 12.3. The lowest BCUT2D eigenvalue weighted by Gasteiger charge is -2.00. The topological polar surface area (TPSA) is 65.2 Å². The van der Waals surface area contributed by atoms with Gasteiger partial charge in [-0.2, -0.15) is 0 Å². The summed E-state index contributed by atoms with van der Waals surface area (Å²) in [6.07, 6.45) is 1.53. The van der Waals surface area contributed by atoms with E-state index in [2.05, 4.69) is 9.97 Å². The molecule has 0 aliphatic carbocycles. The number of hydrogen-bond donors (Lipinski definition) is 0. The van der Waals surface area contributed by atoms with Crippen LogP contribution >= 0.6 is 0 Å². The van der Waals surface area contributed by atoms with Crippen molar-refractivity contribution in [3.8, 4) is 5.88 Å². The van der Waals surface area contributed by atoms with Crippen LogP contribution in [-0.4, -0.2) is 22.9 Å². The van der Waals surface area contributed by atoms with Crippen LogP contribution in [0.2, 0.25) is 0 Å². The molecule has 0 aliphatic rings. The fourth-order valence-electron chi connectivity index (χ4n) is 1.96. The van der Waals surface area contributed by atoms with Gasteiger partial charge in [-0.05, 0) is 12.1 Å². The van der Waals surface area contributed by atoms with Gasteiger partial charge in [0, 0.05) is 11.5 Å². The summed E-state index contributed by atoms with van der Waals surface area (Å²) in [5.74, 6) is 0.651. The molecule has 2 heterocycles. The SMILES string of the molecule is COc1cc(CC(=O)c2cc3ccccc3o2)ncn1. The van der Waals surface area contributed by atoms with Gasteiger partial charge in [0.15, 0.2) is 5.76 Å². The zero-order valence-electron chi connectivity index (χ0n) is 10.9. The Kier molecular flexibility index (Phi) is 3.16. The van der Waals surface area contributed by atoms with E-state index in [1.165, 1.54) is 13.4 Å². The minimum Gasteiger partial charge on any atom is -0.481 e. The number of carbonyl (C=O) groups is 1. The van der Waals surface area contributed by atoms with Crippen LogP contribution in [0, 0.1) is 0 Å². The van der Waals surface area contributed by atoms with Crippen molar-refractivity contribution >= 4 is 16.8 Å². The second-order valence-electron chi connectivity index (χ2n) is 4.30. The minimum atomic E-state index is -0.123. The summed E-state index contributed by atoms with van der Waals surface area (Å²) in [5.41, 5.74) is 1.30. The highest BCUT2D eigenvalue weighted by atomic mass is 16.5. The summed E-state index contributed by atoms with van der Waals surface area (Å²) in [7, 11) is 1.52. The van der Waals surface area contributed by atoms with Crippen molar-refractivity contribution in [3.05, 3.63) is 54.2 Å². The number of nitrogens with zero attached hydrogens (tertiary/aromatic N) is 2. The Morgan fingerprint density at radius 2 is 2.10 bits per heavy atom. The van der Waals surface area contributed by atoms with Crippen molar-refractivity contribution in [1.29, 1.82) is 0 Å². The van der Waals surface area contributed by atoms with Gasteiger partial charge in [-0.15, -0.1) is 0 Å². The van der Waals surface area contributed by atoms with E-state index >= 15 is 0 Å². The fourth-order valence-corrected chi connectivity index (χ4v) is 1.96. The first-order valence-corrected chi connectivity index (χ1v) is 6.13. The Labute approximate surface area is 115 Å². The minimum absolute atomic E-state index is 0.123. The fraction of sp³-hybridized carbons (Fsp3) is 0.133. The van der Waals surface area contributed by atoms with Gasteiger partial charge in [0.2, 0.25) is 11.7 Å². The molecule has 5 heteroatoms. The number of ether oxygens (including phenoxy) is 1. The van der Waals surface area contributed by atoms with Gasteiger partial charge >= 0.3 is 0 Å². The molecule has 3 rings (SSSR count). The van der Waals surface area contributed by atoms with E-state index in [1.54, 1.807) is 12.1 Å². The van der Waals surface area contributed by atoms with Crippen LogP contribution in [0.4, 0.5) is 0 Å². The molecular formula is C15H12N2O3. The van der Waals surface area contributed by atoms with Crippen LogP contribution in [0.3, 0.4) is 0 Å². The highest BCUT2D eigenvalue weighted by molar-refractivity contribution is 5.98. The van der Waals surface area contributed by atoms with Crippen LogP contribution in [0.25, 0.3) is 11.0 Å². The third-order valence-corrected chi connectivity index (χ3v) is 2.95. The number of fused-ring (bicyclic) bond motifs is 1. The van der Waals surface area contributed by atoms with Gasteiger partial charge in [0.25, 0.3) is 0 Å². The van der Waals surface area contributed by atoms with E-state index in [0.29, 0.717) is 22.9 Å². The molecule has 0 amide bonds. The molecule has 1 aromatic carbocycles. The molecule has 3 aromatic rings. The average molecular weight is 268 g/mol. The standard InChI is InChI=1S/C15H12N2O3/c1-19-15-8-11(16-9-17-15)7-12(18)14-6-10-4-2-3-5-13(10)20-14/h2-6,8-9H,7H2,1H3. The zero-order chi connectivity index (χ0) is 13.9. The number of para-hydroxylation sites is 1. The maximum absolute atomic E-state index is 12.2. The zero-order valence-corrected chi connectivity index (χ0v) is 10.9. The molecule has 0 atom stereocenters.